The zero-order valence-corrected chi connectivity index (χ0v) is 10.2. The smallest absolute Gasteiger partial charge is 0.0931 e. The summed E-state index contributed by atoms with van der Waals surface area (Å²) in [5.74, 6) is 0. The van der Waals surface area contributed by atoms with E-state index in [0.717, 1.165) is 23.9 Å². The zero-order chi connectivity index (χ0) is 10.8. The van der Waals surface area contributed by atoms with Crippen molar-refractivity contribution in [3.63, 3.8) is 0 Å². The van der Waals surface area contributed by atoms with Crippen molar-refractivity contribution in [2.75, 3.05) is 13.2 Å². The molecule has 0 radical (unpaired) electrons. The minimum absolute atomic E-state index is 0.0396. The molecule has 2 N–H and O–H groups in total. The summed E-state index contributed by atoms with van der Waals surface area (Å²) in [5, 5.41) is 1.98. The number of nitrogens with two attached hydrogens (primary N) is 1. The van der Waals surface area contributed by atoms with Gasteiger partial charge in [-0.2, -0.15) is 5.06 Å². The Balaban J connectivity index is 2.18. The fourth-order valence-corrected chi connectivity index (χ4v) is 3.12. The van der Waals surface area contributed by atoms with Crippen molar-refractivity contribution in [2.45, 2.75) is 25.4 Å². The van der Waals surface area contributed by atoms with Gasteiger partial charge in [-0.3, -0.25) is 4.84 Å². The summed E-state index contributed by atoms with van der Waals surface area (Å²) in [6.07, 6.45) is 1.07. The molecule has 2 heterocycles. The van der Waals surface area contributed by atoms with E-state index in [1.807, 2.05) is 24.1 Å². The van der Waals surface area contributed by atoms with Gasteiger partial charge in [-0.25, -0.2) is 0 Å². The molecule has 0 aromatic carbocycles. The lowest BCUT2D eigenvalue weighted by molar-refractivity contribution is -0.146. The zero-order valence-electron chi connectivity index (χ0n) is 8.65. The van der Waals surface area contributed by atoms with Crippen LogP contribution >= 0.6 is 22.9 Å². The Morgan fingerprint density at radius 3 is 2.87 bits per heavy atom. The number of hydrogen-bond acceptors (Lipinski definition) is 4. The molecule has 15 heavy (non-hydrogen) atoms. The molecule has 0 spiro atoms. The second-order valence-electron chi connectivity index (χ2n) is 3.77. The average Bonchev–Trinajstić information content (AvgIpc) is 2.77. The molecule has 3 nitrogen and oxygen atoms in total. The van der Waals surface area contributed by atoms with Crippen LogP contribution in [0, 0.1) is 0 Å². The highest BCUT2D eigenvalue weighted by atomic mass is 35.5. The Bertz CT molecular complexity index is 323. The summed E-state index contributed by atoms with van der Waals surface area (Å²) < 4.78 is 0.801. The molecule has 84 valence electrons. The summed E-state index contributed by atoms with van der Waals surface area (Å²) in [7, 11) is 0. The van der Waals surface area contributed by atoms with Gasteiger partial charge in [0.25, 0.3) is 0 Å². The number of halogens is 1. The van der Waals surface area contributed by atoms with Gasteiger partial charge in [0.1, 0.15) is 0 Å². The van der Waals surface area contributed by atoms with Gasteiger partial charge in [-0.1, -0.05) is 11.6 Å². The third-order valence-corrected chi connectivity index (χ3v) is 3.78. The van der Waals surface area contributed by atoms with Crippen molar-refractivity contribution >= 4 is 22.9 Å². The molecule has 1 aliphatic heterocycles. The van der Waals surface area contributed by atoms with Crippen molar-refractivity contribution in [3.8, 4) is 0 Å². The molecule has 0 bridgehead atoms. The molecular weight excluding hydrogens is 232 g/mol. The molecule has 2 unspecified atom stereocenters. The van der Waals surface area contributed by atoms with Crippen molar-refractivity contribution in [2.24, 2.45) is 5.73 Å². The maximum atomic E-state index is 6.00. The fourth-order valence-electron chi connectivity index (χ4n) is 1.84. The maximum Gasteiger partial charge on any atom is 0.0931 e. The second-order valence-corrected chi connectivity index (χ2v) is 5.52. The largest absolute Gasteiger partial charge is 0.326 e. The van der Waals surface area contributed by atoms with Crippen molar-refractivity contribution in [3.05, 3.63) is 21.3 Å². The molecule has 1 saturated heterocycles. The molecule has 1 aromatic heterocycles. The molecule has 0 aliphatic carbocycles. The lowest BCUT2D eigenvalue weighted by atomic mass is 10.1. The second kappa shape index (κ2) is 4.80. The first-order chi connectivity index (χ1) is 7.18. The number of hydroxylamine groups is 2. The van der Waals surface area contributed by atoms with Crippen LogP contribution in [0.1, 0.15) is 24.3 Å². The van der Waals surface area contributed by atoms with Gasteiger partial charge in [0.05, 0.1) is 17.0 Å². The van der Waals surface area contributed by atoms with E-state index in [9.17, 15) is 0 Å². The Kier molecular flexibility index (Phi) is 3.64. The predicted octanol–water partition coefficient (Wildman–Crippen LogP) is 2.43. The minimum Gasteiger partial charge on any atom is -0.326 e. The number of nitrogens with zero attached hydrogens (tertiary/aromatic N) is 1. The first kappa shape index (κ1) is 11.4. The molecule has 0 saturated carbocycles. The van der Waals surface area contributed by atoms with Gasteiger partial charge in [0.2, 0.25) is 0 Å². The van der Waals surface area contributed by atoms with Crippen LogP contribution in [0.25, 0.3) is 0 Å². The SMILES string of the molecule is CC(N)C(c1ccc(Cl)s1)N1CCCO1. The minimum atomic E-state index is 0.0396. The lowest BCUT2D eigenvalue weighted by Gasteiger charge is -2.28. The molecule has 1 aliphatic rings. The van der Waals surface area contributed by atoms with Crippen molar-refractivity contribution in [1.29, 1.82) is 0 Å². The summed E-state index contributed by atoms with van der Waals surface area (Å²) >= 11 is 7.51. The van der Waals surface area contributed by atoms with E-state index in [0.29, 0.717) is 0 Å². The van der Waals surface area contributed by atoms with Crippen molar-refractivity contribution < 1.29 is 4.84 Å². The molecular formula is C10H15ClN2OS. The van der Waals surface area contributed by atoms with E-state index in [1.54, 1.807) is 11.3 Å². The van der Waals surface area contributed by atoms with E-state index in [-0.39, 0.29) is 12.1 Å². The monoisotopic (exact) mass is 246 g/mol. The topological polar surface area (TPSA) is 38.5 Å². The van der Waals surface area contributed by atoms with Crippen LogP contribution in [0.15, 0.2) is 12.1 Å². The van der Waals surface area contributed by atoms with E-state index in [4.69, 9.17) is 22.2 Å². The lowest BCUT2D eigenvalue weighted by Crippen LogP contribution is -2.36. The standard InChI is InChI=1S/C10H15ClN2OS/c1-7(12)10(13-5-2-6-14-13)8-3-4-9(11)15-8/h3-4,7,10H,2,5-6,12H2,1H3. The van der Waals surface area contributed by atoms with Gasteiger partial charge in [0, 0.05) is 17.5 Å². The van der Waals surface area contributed by atoms with Gasteiger partial charge >= 0.3 is 0 Å². The number of thiophene rings is 1. The molecule has 1 aromatic rings. The molecule has 2 atom stereocenters. The van der Waals surface area contributed by atoms with Gasteiger partial charge in [-0.15, -0.1) is 11.3 Å². The van der Waals surface area contributed by atoms with Crippen LogP contribution in [0.3, 0.4) is 0 Å². The fraction of sp³-hybridized carbons (Fsp3) is 0.600. The molecule has 1 fully saturated rings. The summed E-state index contributed by atoms with van der Waals surface area (Å²) in [4.78, 5) is 6.73. The van der Waals surface area contributed by atoms with Gasteiger partial charge in [-0.05, 0) is 25.5 Å². The van der Waals surface area contributed by atoms with E-state index in [2.05, 4.69) is 0 Å². The maximum absolute atomic E-state index is 6.00. The van der Waals surface area contributed by atoms with E-state index in [1.165, 1.54) is 4.88 Å². The Labute approximate surface area is 98.7 Å². The first-order valence-electron chi connectivity index (χ1n) is 5.09. The number of rotatable bonds is 3. The number of hydrogen-bond donors (Lipinski definition) is 1. The summed E-state index contributed by atoms with van der Waals surface area (Å²) in [6, 6.07) is 4.11. The van der Waals surface area contributed by atoms with Crippen LogP contribution in [0.5, 0.6) is 0 Å². The van der Waals surface area contributed by atoms with E-state index < -0.39 is 0 Å². The molecule has 2 rings (SSSR count). The molecule has 0 amide bonds. The Morgan fingerprint density at radius 1 is 1.60 bits per heavy atom. The molecule has 5 heteroatoms. The quantitative estimate of drug-likeness (QED) is 0.890. The summed E-state index contributed by atoms with van der Waals surface area (Å²) in [5.41, 5.74) is 6.00. The van der Waals surface area contributed by atoms with E-state index >= 15 is 0 Å². The normalized spacial score (nSPS) is 21.8. The van der Waals surface area contributed by atoms with Crippen LogP contribution in [0.2, 0.25) is 4.34 Å². The average molecular weight is 247 g/mol. The van der Waals surface area contributed by atoms with Crippen LogP contribution in [-0.4, -0.2) is 24.3 Å². The van der Waals surface area contributed by atoms with Crippen LogP contribution in [-0.2, 0) is 4.84 Å². The highest BCUT2D eigenvalue weighted by Crippen LogP contribution is 2.33. The highest BCUT2D eigenvalue weighted by Gasteiger charge is 2.28. The van der Waals surface area contributed by atoms with Gasteiger partial charge in [0.15, 0.2) is 0 Å². The first-order valence-corrected chi connectivity index (χ1v) is 6.28. The highest BCUT2D eigenvalue weighted by molar-refractivity contribution is 7.16. The Hall–Kier alpha value is -0.130. The van der Waals surface area contributed by atoms with Crippen molar-refractivity contribution in [1.82, 2.24) is 5.06 Å². The van der Waals surface area contributed by atoms with Gasteiger partial charge < -0.3 is 5.73 Å². The van der Waals surface area contributed by atoms with Crippen LogP contribution < -0.4 is 5.73 Å². The Morgan fingerprint density at radius 2 is 2.40 bits per heavy atom. The van der Waals surface area contributed by atoms with Crippen LogP contribution in [0.4, 0.5) is 0 Å². The predicted molar refractivity (Wildman–Crippen MR) is 63.0 cm³/mol. The summed E-state index contributed by atoms with van der Waals surface area (Å²) in [6.45, 7) is 3.74. The third-order valence-electron chi connectivity index (χ3n) is 2.47. The third kappa shape index (κ3) is 2.52.